The Labute approximate surface area is 209 Å². The Bertz CT molecular complexity index is 823. The normalized spacial score (nSPS) is 12.9. The highest BCUT2D eigenvalue weighted by molar-refractivity contribution is 7.98. The van der Waals surface area contributed by atoms with Gasteiger partial charge in [-0.1, -0.05) is 44.2 Å². The van der Waals surface area contributed by atoms with E-state index in [2.05, 4.69) is 24.1 Å². The zero-order chi connectivity index (χ0) is 25.7. The van der Waals surface area contributed by atoms with Crippen LogP contribution < -0.4 is 10.6 Å². The Morgan fingerprint density at radius 2 is 1.94 bits per heavy atom. The molecule has 0 saturated carbocycles. The van der Waals surface area contributed by atoms with Gasteiger partial charge in [-0.3, -0.25) is 9.59 Å². The Morgan fingerprint density at radius 1 is 1.24 bits per heavy atom. The molecule has 0 radical (unpaired) electrons. The van der Waals surface area contributed by atoms with Gasteiger partial charge in [-0.2, -0.15) is 11.8 Å². The van der Waals surface area contributed by atoms with Gasteiger partial charge in [-0.05, 0) is 69.7 Å². The number of rotatable bonds is 13. The van der Waals surface area contributed by atoms with Crippen molar-refractivity contribution in [3.8, 4) is 0 Å². The maximum atomic E-state index is 13.7. The third-order valence-corrected chi connectivity index (χ3v) is 5.72. The lowest BCUT2D eigenvalue weighted by molar-refractivity contribution is -0.142. The van der Waals surface area contributed by atoms with Gasteiger partial charge in [0, 0.05) is 13.1 Å². The molecule has 8 heteroatoms. The molecular formula is C26H41N3O4S. The average molecular weight is 492 g/mol. The largest absolute Gasteiger partial charge is 0.444 e. The Hall–Kier alpha value is -2.48. The van der Waals surface area contributed by atoms with Crippen molar-refractivity contribution in [2.24, 2.45) is 0 Å². The van der Waals surface area contributed by atoms with Gasteiger partial charge in [0.25, 0.3) is 0 Å². The zero-order valence-corrected chi connectivity index (χ0v) is 22.3. The van der Waals surface area contributed by atoms with Crippen LogP contribution in [0.5, 0.6) is 0 Å². The van der Waals surface area contributed by atoms with Gasteiger partial charge >= 0.3 is 6.09 Å². The molecule has 1 aromatic rings. The lowest BCUT2D eigenvalue weighted by Gasteiger charge is -2.34. The molecule has 0 aliphatic heterocycles. The van der Waals surface area contributed by atoms with Crippen molar-refractivity contribution < 1.29 is 19.1 Å². The first-order chi connectivity index (χ1) is 16.1. The molecule has 0 spiro atoms. The van der Waals surface area contributed by atoms with Gasteiger partial charge in [0.1, 0.15) is 17.7 Å². The van der Waals surface area contributed by atoms with Crippen LogP contribution >= 0.6 is 11.8 Å². The van der Waals surface area contributed by atoms with Gasteiger partial charge in [0.2, 0.25) is 11.8 Å². The van der Waals surface area contributed by atoms with E-state index < -0.39 is 23.8 Å². The molecule has 0 heterocycles. The molecule has 7 nitrogen and oxygen atoms in total. The molecule has 2 unspecified atom stereocenters. The third kappa shape index (κ3) is 9.79. The van der Waals surface area contributed by atoms with Crippen molar-refractivity contribution in [1.29, 1.82) is 0 Å². The van der Waals surface area contributed by atoms with Crippen LogP contribution in [0.4, 0.5) is 4.79 Å². The average Bonchev–Trinajstić information content (AvgIpc) is 2.78. The number of thioether (sulfide) groups is 1. The van der Waals surface area contributed by atoms with E-state index in [0.717, 1.165) is 18.4 Å². The first kappa shape index (κ1) is 29.6. The highest BCUT2D eigenvalue weighted by Crippen LogP contribution is 2.24. The number of hydrogen-bond donors (Lipinski definition) is 2. The van der Waals surface area contributed by atoms with Crippen molar-refractivity contribution in [1.82, 2.24) is 15.5 Å². The van der Waals surface area contributed by atoms with E-state index in [9.17, 15) is 14.4 Å². The van der Waals surface area contributed by atoms with Crippen molar-refractivity contribution in [3.63, 3.8) is 0 Å². The molecule has 0 saturated heterocycles. The SMILES string of the molecule is C=Cc1cccc(C(C(=O)NCCCC)N(CC)C(=O)C(CCSC)NC(=O)OC(C)(C)C)c1. The van der Waals surface area contributed by atoms with E-state index in [0.29, 0.717) is 30.8 Å². The van der Waals surface area contributed by atoms with E-state index in [1.54, 1.807) is 38.6 Å². The van der Waals surface area contributed by atoms with Crippen LogP contribution in [0.2, 0.25) is 0 Å². The molecule has 0 aliphatic carbocycles. The second-order valence-corrected chi connectivity index (χ2v) is 10.0. The summed E-state index contributed by atoms with van der Waals surface area (Å²) in [5.41, 5.74) is 0.870. The van der Waals surface area contributed by atoms with Crippen LogP contribution in [0.25, 0.3) is 6.08 Å². The number of likely N-dealkylation sites (N-methyl/N-ethyl adjacent to an activating group) is 1. The van der Waals surface area contributed by atoms with Crippen LogP contribution in [-0.2, 0) is 14.3 Å². The molecule has 0 fully saturated rings. The Morgan fingerprint density at radius 3 is 2.50 bits per heavy atom. The molecule has 2 N–H and O–H groups in total. The lowest BCUT2D eigenvalue weighted by Crippen LogP contribution is -2.53. The summed E-state index contributed by atoms with van der Waals surface area (Å²) in [7, 11) is 0. The Balaban J connectivity index is 3.32. The van der Waals surface area contributed by atoms with Gasteiger partial charge in [0.15, 0.2) is 0 Å². The van der Waals surface area contributed by atoms with Gasteiger partial charge in [-0.15, -0.1) is 0 Å². The van der Waals surface area contributed by atoms with Crippen molar-refractivity contribution >= 4 is 35.7 Å². The van der Waals surface area contributed by atoms with E-state index in [4.69, 9.17) is 4.74 Å². The number of ether oxygens (including phenoxy) is 1. The molecule has 0 aliphatic rings. The highest BCUT2D eigenvalue weighted by atomic mass is 32.2. The predicted molar refractivity (Wildman–Crippen MR) is 141 cm³/mol. The second-order valence-electron chi connectivity index (χ2n) is 9.03. The van der Waals surface area contributed by atoms with Crippen LogP contribution in [-0.4, -0.2) is 59.5 Å². The van der Waals surface area contributed by atoms with Crippen LogP contribution in [0.3, 0.4) is 0 Å². The Kier molecular flexibility index (Phi) is 12.8. The summed E-state index contributed by atoms with van der Waals surface area (Å²) < 4.78 is 5.38. The van der Waals surface area contributed by atoms with E-state index >= 15 is 0 Å². The van der Waals surface area contributed by atoms with E-state index in [1.807, 2.05) is 37.4 Å². The first-order valence-electron chi connectivity index (χ1n) is 11.9. The van der Waals surface area contributed by atoms with Crippen molar-refractivity contribution in [3.05, 3.63) is 42.0 Å². The summed E-state index contributed by atoms with van der Waals surface area (Å²) in [4.78, 5) is 41.1. The van der Waals surface area contributed by atoms with Gasteiger partial charge in [0.05, 0.1) is 0 Å². The number of amides is 3. The molecule has 0 bridgehead atoms. The molecule has 190 valence electrons. The predicted octanol–water partition coefficient (Wildman–Crippen LogP) is 4.78. The fourth-order valence-corrected chi connectivity index (χ4v) is 3.89. The smallest absolute Gasteiger partial charge is 0.408 e. The fourth-order valence-electron chi connectivity index (χ4n) is 3.42. The number of unbranched alkanes of at least 4 members (excludes halogenated alkanes) is 1. The summed E-state index contributed by atoms with van der Waals surface area (Å²) in [5.74, 6) is 0.107. The van der Waals surface area contributed by atoms with E-state index in [1.165, 1.54) is 4.90 Å². The van der Waals surface area contributed by atoms with Crippen LogP contribution in [0.1, 0.15) is 71.0 Å². The minimum atomic E-state index is -0.827. The topological polar surface area (TPSA) is 87.7 Å². The highest BCUT2D eigenvalue weighted by Gasteiger charge is 2.35. The van der Waals surface area contributed by atoms with Crippen molar-refractivity contribution in [2.45, 2.75) is 71.6 Å². The van der Waals surface area contributed by atoms with Gasteiger partial charge in [-0.25, -0.2) is 4.79 Å². The lowest BCUT2D eigenvalue weighted by atomic mass is 10.00. The minimum absolute atomic E-state index is 0.245. The van der Waals surface area contributed by atoms with Crippen LogP contribution in [0, 0.1) is 0 Å². The molecular weight excluding hydrogens is 450 g/mol. The molecule has 2 atom stereocenters. The number of benzene rings is 1. The zero-order valence-electron chi connectivity index (χ0n) is 21.5. The molecule has 1 aromatic carbocycles. The quantitative estimate of drug-likeness (QED) is 0.388. The monoisotopic (exact) mass is 491 g/mol. The number of nitrogens with one attached hydrogen (secondary N) is 2. The molecule has 0 aromatic heterocycles. The van der Waals surface area contributed by atoms with Crippen LogP contribution in [0.15, 0.2) is 30.8 Å². The van der Waals surface area contributed by atoms with E-state index in [-0.39, 0.29) is 11.8 Å². The van der Waals surface area contributed by atoms with Crippen molar-refractivity contribution in [2.75, 3.05) is 25.1 Å². The number of alkyl carbamates (subject to hydrolysis) is 1. The maximum absolute atomic E-state index is 13.7. The standard InChI is InChI=1S/C26H41N3O4S/c1-8-11-16-27-23(30)22(20-14-12-13-19(9-2)18-20)29(10-3)24(31)21(15-17-34-7)28-25(32)33-26(4,5)6/h9,12-14,18,21-22H,2,8,10-11,15-17H2,1,3-7H3,(H,27,30)(H,28,32). The maximum Gasteiger partial charge on any atom is 0.408 e. The number of carbonyl (C=O) groups excluding carboxylic acids is 3. The summed E-state index contributed by atoms with van der Waals surface area (Å²) >= 11 is 1.58. The fraction of sp³-hybridized carbons (Fsp3) is 0.577. The summed E-state index contributed by atoms with van der Waals surface area (Å²) in [6.45, 7) is 13.8. The third-order valence-electron chi connectivity index (χ3n) is 5.08. The number of hydrogen-bond acceptors (Lipinski definition) is 5. The summed E-state index contributed by atoms with van der Waals surface area (Å²) in [5, 5.41) is 5.70. The first-order valence-corrected chi connectivity index (χ1v) is 13.3. The minimum Gasteiger partial charge on any atom is -0.444 e. The molecule has 3 amide bonds. The number of carbonyl (C=O) groups is 3. The van der Waals surface area contributed by atoms with Gasteiger partial charge < -0.3 is 20.3 Å². The molecule has 34 heavy (non-hydrogen) atoms. The second kappa shape index (κ2) is 14.7. The summed E-state index contributed by atoms with van der Waals surface area (Å²) in [6, 6.07) is 5.81. The summed E-state index contributed by atoms with van der Waals surface area (Å²) in [6.07, 6.45) is 5.22. The number of nitrogens with zero attached hydrogens (tertiary/aromatic N) is 1. The molecule has 1 rings (SSSR count).